The van der Waals surface area contributed by atoms with Gasteiger partial charge in [-0.05, 0) is 45.1 Å². The van der Waals surface area contributed by atoms with Gasteiger partial charge in [0.1, 0.15) is 11.3 Å². The van der Waals surface area contributed by atoms with Crippen LogP contribution in [-0.2, 0) is 22.9 Å². The lowest BCUT2D eigenvalue weighted by molar-refractivity contribution is 0.261. The largest absolute Gasteiger partial charge is 0.461 e. The Balaban J connectivity index is 0.00000192. The zero-order valence-electron chi connectivity index (χ0n) is 13.9. The third-order valence-electron chi connectivity index (χ3n) is 4.50. The summed E-state index contributed by atoms with van der Waals surface area (Å²) in [6, 6.07) is 5.62. The molecule has 0 radical (unpaired) electrons. The van der Waals surface area contributed by atoms with E-state index in [1.54, 1.807) is 32.3 Å². The number of halogens is 1. The number of nitrogens with zero attached hydrogens (tertiary/aromatic N) is 2. The standard InChI is InChI=1S/C16H22N2O3S.ClH/c1-17(2)11-5-7-15-13(9-11)14-10-12(6-8-16(14)21-15)22(19,20)18(3)4;/h6,8,10-11H,5,7,9H2,1-4H3;1H. The van der Waals surface area contributed by atoms with Crippen molar-refractivity contribution >= 4 is 33.4 Å². The van der Waals surface area contributed by atoms with Gasteiger partial charge in [-0.15, -0.1) is 12.4 Å². The van der Waals surface area contributed by atoms with Crippen LogP contribution >= 0.6 is 12.4 Å². The SMILES string of the molecule is CN(C)C1CCc2oc3ccc(S(=O)(=O)N(C)C)cc3c2C1.Cl. The molecule has 0 bridgehead atoms. The van der Waals surface area contributed by atoms with Crippen molar-refractivity contribution in [1.82, 2.24) is 9.21 Å². The first-order valence-corrected chi connectivity index (χ1v) is 8.88. The lowest BCUT2D eigenvalue weighted by Crippen LogP contribution is -2.33. The van der Waals surface area contributed by atoms with Crippen LogP contribution < -0.4 is 0 Å². The normalized spacial score (nSPS) is 18.3. The summed E-state index contributed by atoms with van der Waals surface area (Å²) in [7, 11) is 3.84. The van der Waals surface area contributed by atoms with Crippen LogP contribution in [0, 0.1) is 0 Å². The molecule has 1 aromatic heterocycles. The fourth-order valence-corrected chi connectivity index (χ4v) is 3.98. The van der Waals surface area contributed by atoms with Gasteiger partial charge in [-0.1, -0.05) is 0 Å². The Morgan fingerprint density at radius 3 is 2.48 bits per heavy atom. The zero-order chi connectivity index (χ0) is 16.1. The number of fused-ring (bicyclic) bond motifs is 3. The molecule has 1 aliphatic rings. The van der Waals surface area contributed by atoms with E-state index in [0.29, 0.717) is 10.9 Å². The Morgan fingerprint density at radius 2 is 1.87 bits per heavy atom. The molecule has 128 valence electrons. The molecule has 1 heterocycles. The van der Waals surface area contributed by atoms with Gasteiger partial charge >= 0.3 is 0 Å². The summed E-state index contributed by atoms with van der Waals surface area (Å²) in [6.07, 6.45) is 2.88. The molecule has 0 N–H and O–H groups in total. The molecule has 1 aromatic carbocycles. The highest BCUT2D eigenvalue weighted by Crippen LogP contribution is 2.34. The molecule has 2 aromatic rings. The van der Waals surface area contributed by atoms with Crippen molar-refractivity contribution in [2.75, 3.05) is 28.2 Å². The Bertz CT molecular complexity index is 812. The van der Waals surface area contributed by atoms with E-state index >= 15 is 0 Å². The average Bonchev–Trinajstić information content (AvgIpc) is 2.83. The molecule has 0 amide bonds. The molecule has 23 heavy (non-hydrogen) atoms. The highest BCUT2D eigenvalue weighted by Gasteiger charge is 2.27. The number of benzene rings is 1. The molecule has 0 saturated carbocycles. The summed E-state index contributed by atoms with van der Waals surface area (Å²) in [4.78, 5) is 2.54. The zero-order valence-corrected chi connectivity index (χ0v) is 15.5. The number of hydrogen-bond donors (Lipinski definition) is 0. The third-order valence-corrected chi connectivity index (χ3v) is 6.31. The first-order valence-electron chi connectivity index (χ1n) is 7.44. The van der Waals surface area contributed by atoms with Gasteiger partial charge in [-0.25, -0.2) is 12.7 Å². The monoisotopic (exact) mass is 358 g/mol. The second kappa shape index (κ2) is 6.43. The predicted molar refractivity (Wildman–Crippen MR) is 93.8 cm³/mol. The minimum atomic E-state index is -3.42. The molecule has 0 saturated heterocycles. The van der Waals surface area contributed by atoms with Crippen LogP contribution in [0.5, 0.6) is 0 Å². The molecular formula is C16H23ClN2O3S. The summed E-state index contributed by atoms with van der Waals surface area (Å²) in [5, 5.41) is 0.935. The van der Waals surface area contributed by atoms with Crippen LogP contribution in [0.15, 0.2) is 27.5 Å². The quantitative estimate of drug-likeness (QED) is 0.846. The van der Waals surface area contributed by atoms with E-state index in [2.05, 4.69) is 19.0 Å². The highest BCUT2D eigenvalue weighted by atomic mass is 35.5. The molecule has 5 nitrogen and oxygen atoms in total. The van der Waals surface area contributed by atoms with Gasteiger partial charge in [0.2, 0.25) is 10.0 Å². The lowest BCUT2D eigenvalue weighted by Gasteiger charge is -2.27. The number of sulfonamides is 1. The second-order valence-corrected chi connectivity index (χ2v) is 8.46. The minimum absolute atomic E-state index is 0. The van der Waals surface area contributed by atoms with Gasteiger partial charge in [0, 0.05) is 37.5 Å². The molecule has 0 fully saturated rings. The van der Waals surface area contributed by atoms with Gasteiger partial charge in [-0.3, -0.25) is 0 Å². The van der Waals surface area contributed by atoms with Crippen molar-refractivity contribution in [1.29, 1.82) is 0 Å². The Labute approximate surface area is 143 Å². The summed E-state index contributed by atoms with van der Waals surface area (Å²) < 4.78 is 31.8. The maximum Gasteiger partial charge on any atom is 0.242 e. The average molecular weight is 359 g/mol. The fourth-order valence-electron chi connectivity index (χ4n) is 3.05. The predicted octanol–water partition coefficient (Wildman–Crippen LogP) is 2.52. The maximum absolute atomic E-state index is 12.3. The summed E-state index contributed by atoms with van der Waals surface area (Å²) in [5.74, 6) is 1.01. The van der Waals surface area contributed by atoms with Gasteiger partial charge < -0.3 is 9.32 Å². The summed E-state index contributed by atoms with van der Waals surface area (Å²) >= 11 is 0. The molecule has 0 spiro atoms. The number of aryl methyl sites for hydroxylation is 1. The van der Waals surface area contributed by atoms with E-state index < -0.39 is 10.0 Å². The van der Waals surface area contributed by atoms with Crippen molar-refractivity contribution in [2.24, 2.45) is 0 Å². The van der Waals surface area contributed by atoms with E-state index in [1.165, 1.54) is 4.31 Å². The summed E-state index contributed by atoms with van der Waals surface area (Å²) in [5.41, 5.74) is 1.94. The van der Waals surface area contributed by atoms with Crippen molar-refractivity contribution in [3.63, 3.8) is 0 Å². The topological polar surface area (TPSA) is 53.8 Å². The van der Waals surface area contributed by atoms with Gasteiger partial charge in [-0.2, -0.15) is 0 Å². The van der Waals surface area contributed by atoms with Gasteiger partial charge in [0.25, 0.3) is 0 Å². The number of hydrogen-bond acceptors (Lipinski definition) is 4. The number of rotatable bonds is 3. The highest BCUT2D eigenvalue weighted by molar-refractivity contribution is 7.89. The van der Waals surface area contributed by atoms with Crippen molar-refractivity contribution in [3.05, 3.63) is 29.5 Å². The van der Waals surface area contributed by atoms with E-state index in [-0.39, 0.29) is 12.4 Å². The maximum atomic E-state index is 12.3. The second-order valence-electron chi connectivity index (χ2n) is 6.31. The summed E-state index contributed by atoms with van der Waals surface area (Å²) in [6.45, 7) is 0. The Hall–Kier alpha value is -1.08. The first kappa shape index (κ1) is 18.3. The van der Waals surface area contributed by atoms with E-state index in [0.717, 1.165) is 41.6 Å². The van der Waals surface area contributed by atoms with E-state index in [4.69, 9.17) is 4.42 Å². The van der Waals surface area contributed by atoms with Crippen LogP contribution in [0.25, 0.3) is 11.0 Å². The number of furan rings is 1. The first-order chi connectivity index (χ1) is 10.3. The molecule has 0 aliphatic heterocycles. The fraction of sp³-hybridized carbons (Fsp3) is 0.500. The van der Waals surface area contributed by atoms with Gasteiger partial charge in [0.05, 0.1) is 4.90 Å². The minimum Gasteiger partial charge on any atom is -0.461 e. The smallest absolute Gasteiger partial charge is 0.242 e. The van der Waals surface area contributed by atoms with Crippen LogP contribution in [0.3, 0.4) is 0 Å². The van der Waals surface area contributed by atoms with E-state index in [9.17, 15) is 8.42 Å². The van der Waals surface area contributed by atoms with Crippen LogP contribution in [0.1, 0.15) is 17.7 Å². The molecule has 1 aliphatic carbocycles. The molecule has 1 unspecified atom stereocenters. The Kier molecular flexibility index (Phi) is 5.11. The van der Waals surface area contributed by atoms with Crippen LogP contribution in [0.4, 0.5) is 0 Å². The number of likely N-dealkylation sites (N-methyl/N-ethyl adjacent to an activating group) is 1. The molecule has 3 rings (SSSR count). The molecular weight excluding hydrogens is 336 g/mol. The van der Waals surface area contributed by atoms with Crippen molar-refractivity contribution in [2.45, 2.75) is 30.2 Å². The molecule has 7 heteroatoms. The third kappa shape index (κ3) is 3.13. The lowest BCUT2D eigenvalue weighted by atomic mass is 9.91. The van der Waals surface area contributed by atoms with Crippen LogP contribution in [0.2, 0.25) is 0 Å². The molecule has 1 atom stereocenters. The van der Waals surface area contributed by atoms with E-state index in [1.807, 2.05) is 0 Å². The van der Waals surface area contributed by atoms with Gasteiger partial charge in [0.15, 0.2) is 0 Å². The van der Waals surface area contributed by atoms with Crippen molar-refractivity contribution in [3.8, 4) is 0 Å². The van der Waals surface area contributed by atoms with Crippen molar-refractivity contribution < 1.29 is 12.8 Å². The Morgan fingerprint density at radius 1 is 1.17 bits per heavy atom. The van der Waals surface area contributed by atoms with Crippen LogP contribution in [-0.4, -0.2) is 51.9 Å².